The van der Waals surface area contributed by atoms with E-state index in [0.717, 1.165) is 0 Å². The molecule has 16 heteroatoms. The Balaban J connectivity index is 2.66. The molecule has 0 bridgehead atoms. The maximum absolute atomic E-state index is 13.4. The van der Waals surface area contributed by atoms with Gasteiger partial charge in [-0.05, 0) is 40.5 Å². The number of ether oxygens (including phenoxy) is 2. The number of carbonyl (C=O) groups is 4. The number of hydroxylamine groups is 2. The molecule has 1 aliphatic rings. The van der Waals surface area contributed by atoms with Crippen molar-refractivity contribution in [3.63, 3.8) is 0 Å². The van der Waals surface area contributed by atoms with Gasteiger partial charge >= 0.3 is 27.3 Å². The van der Waals surface area contributed by atoms with Crippen molar-refractivity contribution < 1.29 is 60.7 Å². The molecule has 0 aliphatic carbocycles. The minimum Gasteiger partial charge on any atom is -0.428 e. The Kier molecular flexibility index (Phi) is 13.7. The molecule has 0 aromatic rings. The van der Waals surface area contributed by atoms with Crippen molar-refractivity contribution in [2.24, 2.45) is 0 Å². The number of hydrogen-bond acceptors (Lipinski definition) is 13. The number of imide groups is 1. The lowest BCUT2D eigenvalue weighted by molar-refractivity contribution is -0.182. The molecule has 0 aromatic heterocycles. The lowest BCUT2D eigenvalue weighted by Crippen LogP contribution is -2.32. The number of rotatable bonds is 17. The van der Waals surface area contributed by atoms with E-state index in [1.54, 1.807) is 27.7 Å². The molecule has 1 heterocycles. The molecule has 1 rings (SSSR count). The minimum atomic E-state index is -3.94. The first-order chi connectivity index (χ1) is 16.6. The highest BCUT2D eigenvalue weighted by atomic mass is 31.2. The number of esters is 1. The van der Waals surface area contributed by atoms with Gasteiger partial charge in [-0.25, -0.2) is 4.79 Å². The maximum Gasteiger partial charge on any atom is 0.536 e. The molecule has 202 valence electrons. The van der Waals surface area contributed by atoms with Crippen LogP contribution in [0.1, 0.15) is 59.8 Å². The molecule has 0 N–H and O–H groups in total. The van der Waals surface area contributed by atoms with E-state index in [0.29, 0.717) is 0 Å². The molecule has 0 unspecified atom stereocenters. The Hall–Kier alpha value is -1.82. The van der Waals surface area contributed by atoms with E-state index in [4.69, 9.17) is 22.8 Å². The highest BCUT2D eigenvalue weighted by Gasteiger charge is 2.50. The topological polar surface area (TPSA) is 170 Å². The highest BCUT2D eigenvalue weighted by molar-refractivity contribution is 7.72. The fraction of sp³-hybridized carbons (Fsp3) is 0.789. The third-order valence-electron chi connectivity index (χ3n) is 4.38. The van der Waals surface area contributed by atoms with Crippen molar-refractivity contribution in [1.82, 2.24) is 5.06 Å². The van der Waals surface area contributed by atoms with Gasteiger partial charge < -0.3 is 27.6 Å². The summed E-state index contributed by atoms with van der Waals surface area (Å²) in [6.45, 7) is 5.68. The van der Waals surface area contributed by atoms with E-state index in [1.165, 1.54) is 0 Å². The highest BCUT2D eigenvalue weighted by Crippen LogP contribution is 2.71. The number of hydrogen-bond donors (Lipinski definition) is 0. The van der Waals surface area contributed by atoms with E-state index < -0.39 is 51.3 Å². The van der Waals surface area contributed by atoms with Gasteiger partial charge in [0.15, 0.2) is 5.40 Å². The van der Waals surface area contributed by atoms with Crippen LogP contribution in [0.15, 0.2) is 0 Å². The molecule has 0 spiro atoms. The first kappa shape index (κ1) is 31.2. The van der Waals surface area contributed by atoms with E-state index >= 15 is 0 Å². The second kappa shape index (κ2) is 15.3. The van der Waals surface area contributed by atoms with Crippen LogP contribution >= 0.6 is 15.2 Å². The SMILES string of the molecule is CCOP(=O)(OCC)C(CCCC(=O)OCOC(=O)ON1C(=O)CCC1=O)P(=O)(OCC)OCC. The summed E-state index contributed by atoms with van der Waals surface area (Å²) in [4.78, 5) is 50.8. The summed E-state index contributed by atoms with van der Waals surface area (Å²) < 4.78 is 57.5. The van der Waals surface area contributed by atoms with Crippen LogP contribution < -0.4 is 0 Å². The van der Waals surface area contributed by atoms with Crippen molar-refractivity contribution >= 4 is 39.1 Å². The molecular weight excluding hydrogens is 512 g/mol. The van der Waals surface area contributed by atoms with Crippen molar-refractivity contribution in [3.8, 4) is 0 Å². The van der Waals surface area contributed by atoms with E-state index in [9.17, 15) is 28.3 Å². The average molecular weight is 545 g/mol. The first-order valence-corrected chi connectivity index (χ1v) is 14.4. The zero-order chi connectivity index (χ0) is 26.5. The summed E-state index contributed by atoms with van der Waals surface area (Å²) in [6.07, 6.45) is -1.83. The maximum atomic E-state index is 13.4. The van der Waals surface area contributed by atoms with Crippen molar-refractivity contribution in [2.75, 3.05) is 33.2 Å². The standard InChI is InChI=1S/C19H33NO13P2/c1-5-29-34(25,30-6-2)18(35(26,31-7-3)32-8-4)11-9-10-17(23)27-14-28-19(24)33-20-15(21)12-13-16(20)22/h18H,5-14H2,1-4H3. The Bertz CT molecular complexity index is 768. The number of amides is 2. The van der Waals surface area contributed by atoms with Crippen LogP contribution in [0.3, 0.4) is 0 Å². The lowest BCUT2D eigenvalue weighted by Gasteiger charge is -2.31. The smallest absolute Gasteiger partial charge is 0.428 e. The zero-order valence-corrected chi connectivity index (χ0v) is 22.1. The van der Waals surface area contributed by atoms with Gasteiger partial charge in [0, 0.05) is 19.3 Å². The van der Waals surface area contributed by atoms with E-state index in [1.807, 2.05) is 0 Å². The lowest BCUT2D eigenvalue weighted by atomic mass is 10.2. The zero-order valence-electron chi connectivity index (χ0n) is 20.3. The molecular formula is C19H33NO13P2. The van der Waals surface area contributed by atoms with Gasteiger partial charge in [0.25, 0.3) is 11.8 Å². The van der Waals surface area contributed by atoms with Gasteiger partial charge in [0.1, 0.15) is 0 Å². The third kappa shape index (κ3) is 9.63. The number of nitrogens with zero attached hydrogens (tertiary/aromatic N) is 1. The summed E-state index contributed by atoms with van der Waals surface area (Å²) in [5.41, 5.74) is 0. The van der Waals surface area contributed by atoms with Crippen molar-refractivity contribution in [2.45, 2.75) is 65.2 Å². The molecule has 0 atom stereocenters. The van der Waals surface area contributed by atoms with Crippen LogP contribution in [0.25, 0.3) is 0 Å². The fourth-order valence-electron chi connectivity index (χ4n) is 3.03. The van der Waals surface area contributed by atoms with Gasteiger partial charge in [0.2, 0.25) is 6.79 Å². The van der Waals surface area contributed by atoms with E-state index in [-0.39, 0.29) is 63.6 Å². The fourth-order valence-corrected chi connectivity index (χ4v) is 8.49. The second-order valence-corrected chi connectivity index (χ2v) is 11.7. The van der Waals surface area contributed by atoms with Crippen LogP contribution in [0.5, 0.6) is 0 Å². The third-order valence-corrected chi connectivity index (χ3v) is 10.5. The van der Waals surface area contributed by atoms with Gasteiger partial charge in [-0.3, -0.25) is 28.4 Å². The minimum absolute atomic E-state index is 0.0239. The Morgan fingerprint density at radius 2 is 1.29 bits per heavy atom. The number of carbonyl (C=O) groups excluding carboxylic acids is 4. The van der Waals surface area contributed by atoms with Crippen LogP contribution in [0.4, 0.5) is 4.79 Å². The Morgan fingerprint density at radius 1 is 0.829 bits per heavy atom. The molecule has 2 amide bonds. The molecule has 0 aromatic carbocycles. The largest absolute Gasteiger partial charge is 0.536 e. The molecule has 14 nitrogen and oxygen atoms in total. The predicted octanol–water partition coefficient (Wildman–Crippen LogP) is 3.73. The van der Waals surface area contributed by atoms with Crippen LogP contribution in [0, 0.1) is 0 Å². The Labute approximate surface area is 203 Å². The Morgan fingerprint density at radius 3 is 1.71 bits per heavy atom. The summed E-state index contributed by atoms with van der Waals surface area (Å²) in [7, 11) is -7.88. The normalized spacial score (nSPS) is 14.5. The molecule has 1 saturated heterocycles. The van der Waals surface area contributed by atoms with Crippen molar-refractivity contribution in [1.29, 1.82) is 0 Å². The average Bonchev–Trinajstić information content (AvgIpc) is 3.09. The van der Waals surface area contributed by atoms with Gasteiger partial charge in [0.05, 0.1) is 26.4 Å². The molecule has 0 radical (unpaired) electrons. The predicted molar refractivity (Wildman–Crippen MR) is 119 cm³/mol. The molecule has 0 saturated carbocycles. The van der Waals surface area contributed by atoms with Gasteiger partial charge in [-0.1, -0.05) is 5.06 Å². The second-order valence-electron chi connectivity index (χ2n) is 6.83. The first-order valence-electron chi connectivity index (χ1n) is 11.2. The monoisotopic (exact) mass is 545 g/mol. The molecule has 35 heavy (non-hydrogen) atoms. The summed E-state index contributed by atoms with van der Waals surface area (Å²) in [5, 5.41) is -0.988. The van der Waals surface area contributed by atoms with Crippen LogP contribution in [-0.4, -0.2) is 67.6 Å². The van der Waals surface area contributed by atoms with Crippen LogP contribution in [-0.2, 0) is 55.9 Å². The summed E-state index contributed by atoms with van der Waals surface area (Å²) >= 11 is 0. The summed E-state index contributed by atoms with van der Waals surface area (Å²) in [5.74, 6) is -2.17. The summed E-state index contributed by atoms with van der Waals surface area (Å²) in [6, 6.07) is 0. The van der Waals surface area contributed by atoms with E-state index in [2.05, 4.69) is 9.57 Å². The quantitative estimate of drug-likeness (QED) is 0.112. The molecule has 1 fully saturated rings. The van der Waals surface area contributed by atoms with Crippen molar-refractivity contribution in [3.05, 3.63) is 0 Å². The van der Waals surface area contributed by atoms with Gasteiger partial charge in [-0.2, -0.15) is 0 Å². The van der Waals surface area contributed by atoms with Gasteiger partial charge in [-0.15, -0.1) is 0 Å². The molecule has 1 aliphatic heterocycles. The van der Waals surface area contributed by atoms with Crippen LogP contribution in [0.2, 0.25) is 0 Å².